The van der Waals surface area contributed by atoms with Gasteiger partial charge in [-0.3, -0.25) is 0 Å². The number of rotatable bonds is 0. The predicted molar refractivity (Wildman–Crippen MR) is 66.1 cm³/mol. The van der Waals surface area contributed by atoms with E-state index in [9.17, 15) is 4.79 Å². The largest absolute Gasteiger partial charge is 0.346 e. The van der Waals surface area contributed by atoms with Gasteiger partial charge in [0, 0.05) is 19.3 Å². The molecule has 0 aliphatic carbocycles. The quantitative estimate of drug-likeness (QED) is 0.706. The molecule has 1 saturated heterocycles. The lowest BCUT2D eigenvalue weighted by atomic mass is 10.00. The molecule has 6 nitrogen and oxygen atoms in total. The second kappa shape index (κ2) is 4.36. The number of amides is 1. The van der Waals surface area contributed by atoms with Crippen LogP contribution in [-0.4, -0.2) is 44.0 Å². The van der Waals surface area contributed by atoms with E-state index in [0.717, 1.165) is 25.9 Å². The molecule has 0 spiro atoms. The zero-order valence-corrected chi connectivity index (χ0v) is 10.3. The van der Waals surface area contributed by atoms with E-state index in [2.05, 4.69) is 22.2 Å². The highest BCUT2D eigenvalue weighted by Gasteiger charge is 2.23. The van der Waals surface area contributed by atoms with Crippen molar-refractivity contribution in [1.29, 1.82) is 0 Å². The zero-order valence-electron chi connectivity index (χ0n) is 10.3. The van der Waals surface area contributed by atoms with Crippen LogP contribution in [-0.2, 0) is 0 Å². The Hall–Kier alpha value is -1.98. The van der Waals surface area contributed by atoms with Gasteiger partial charge in [-0.15, -0.1) is 5.10 Å². The van der Waals surface area contributed by atoms with E-state index < -0.39 is 0 Å². The highest BCUT2D eigenvalue weighted by molar-refractivity contribution is 5.86. The van der Waals surface area contributed by atoms with E-state index in [1.807, 2.05) is 11.0 Å². The average Bonchev–Trinajstić information content (AvgIpc) is 2.82. The highest BCUT2D eigenvalue weighted by atomic mass is 16.2. The molecule has 1 aliphatic heterocycles. The molecule has 2 aromatic heterocycles. The number of hydrogen-bond donors (Lipinski definition) is 0. The normalized spacial score (nSPS) is 17.3. The molecule has 0 N–H and O–H groups in total. The molecule has 1 aliphatic rings. The first-order valence-corrected chi connectivity index (χ1v) is 6.21. The summed E-state index contributed by atoms with van der Waals surface area (Å²) in [7, 11) is 0. The molecule has 0 atom stereocenters. The molecule has 94 valence electrons. The third kappa shape index (κ3) is 1.83. The molecular formula is C12H15N5O. The maximum Gasteiger partial charge on any atom is 0.346 e. The predicted octanol–water partition coefficient (Wildman–Crippen LogP) is 1.53. The summed E-state index contributed by atoms with van der Waals surface area (Å²) in [6, 6.07) is 3.50. The van der Waals surface area contributed by atoms with E-state index in [-0.39, 0.29) is 6.03 Å². The summed E-state index contributed by atoms with van der Waals surface area (Å²) in [4.78, 5) is 18.3. The Morgan fingerprint density at radius 1 is 1.39 bits per heavy atom. The number of carbonyl (C=O) groups is 1. The summed E-state index contributed by atoms with van der Waals surface area (Å²) in [5.41, 5.74) is 1.18. The van der Waals surface area contributed by atoms with Gasteiger partial charge in [0.15, 0.2) is 0 Å². The maximum atomic E-state index is 12.3. The van der Waals surface area contributed by atoms with Gasteiger partial charge >= 0.3 is 6.03 Å². The number of pyridine rings is 1. The van der Waals surface area contributed by atoms with Crippen molar-refractivity contribution in [2.45, 2.75) is 19.8 Å². The number of piperidine rings is 1. The zero-order chi connectivity index (χ0) is 12.5. The van der Waals surface area contributed by atoms with Crippen molar-refractivity contribution >= 4 is 17.2 Å². The van der Waals surface area contributed by atoms with Gasteiger partial charge < -0.3 is 4.90 Å². The number of likely N-dealkylation sites (tertiary alicyclic amines) is 1. The molecule has 1 amide bonds. The van der Waals surface area contributed by atoms with E-state index >= 15 is 0 Å². The summed E-state index contributed by atoms with van der Waals surface area (Å²) < 4.78 is 1.35. The minimum Gasteiger partial charge on any atom is -0.323 e. The van der Waals surface area contributed by atoms with E-state index in [4.69, 9.17) is 0 Å². The van der Waals surface area contributed by atoms with Crippen molar-refractivity contribution in [3.8, 4) is 0 Å². The molecule has 0 saturated carbocycles. The Labute approximate surface area is 105 Å². The summed E-state index contributed by atoms with van der Waals surface area (Å²) in [6.45, 7) is 3.81. The van der Waals surface area contributed by atoms with Crippen molar-refractivity contribution in [2.24, 2.45) is 5.92 Å². The molecule has 0 unspecified atom stereocenters. The van der Waals surface area contributed by atoms with Gasteiger partial charge in [-0.05, 0) is 30.9 Å². The summed E-state index contributed by atoms with van der Waals surface area (Å²) in [5.74, 6) is 0.697. The lowest BCUT2D eigenvalue weighted by Crippen LogP contribution is -2.40. The maximum absolute atomic E-state index is 12.3. The van der Waals surface area contributed by atoms with Crippen LogP contribution < -0.4 is 0 Å². The summed E-state index contributed by atoms with van der Waals surface area (Å²) in [6.07, 6.45) is 3.75. The van der Waals surface area contributed by atoms with Crippen LogP contribution in [0, 0.1) is 5.92 Å². The minimum atomic E-state index is -0.0996. The average molecular weight is 245 g/mol. The Kier molecular flexibility index (Phi) is 2.70. The van der Waals surface area contributed by atoms with E-state index in [1.165, 1.54) is 4.68 Å². The van der Waals surface area contributed by atoms with Gasteiger partial charge in [0.25, 0.3) is 0 Å². The molecule has 18 heavy (non-hydrogen) atoms. The molecule has 1 fully saturated rings. The fourth-order valence-electron chi connectivity index (χ4n) is 2.24. The van der Waals surface area contributed by atoms with Gasteiger partial charge in [-0.2, -0.15) is 4.68 Å². The van der Waals surface area contributed by atoms with Gasteiger partial charge in [-0.25, -0.2) is 9.78 Å². The second-order valence-corrected chi connectivity index (χ2v) is 4.80. The number of carbonyl (C=O) groups excluding carboxylic acids is 1. The second-order valence-electron chi connectivity index (χ2n) is 4.80. The third-order valence-corrected chi connectivity index (χ3v) is 3.46. The Bertz CT molecular complexity index is 571. The molecule has 3 rings (SSSR count). The molecule has 3 heterocycles. The smallest absolute Gasteiger partial charge is 0.323 e. The first kappa shape index (κ1) is 11.1. The number of hydrogen-bond acceptors (Lipinski definition) is 4. The van der Waals surface area contributed by atoms with Crippen LogP contribution in [0.3, 0.4) is 0 Å². The first-order chi connectivity index (χ1) is 8.75. The van der Waals surface area contributed by atoms with Crippen LogP contribution in [0.1, 0.15) is 19.8 Å². The summed E-state index contributed by atoms with van der Waals surface area (Å²) in [5, 5.41) is 7.81. The topological polar surface area (TPSA) is 63.9 Å². The lowest BCUT2D eigenvalue weighted by Gasteiger charge is -2.29. The Morgan fingerprint density at radius 2 is 2.17 bits per heavy atom. The molecule has 0 radical (unpaired) electrons. The van der Waals surface area contributed by atoms with Crippen molar-refractivity contribution in [1.82, 2.24) is 24.9 Å². The Morgan fingerprint density at radius 3 is 2.94 bits per heavy atom. The summed E-state index contributed by atoms with van der Waals surface area (Å²) >= 11 is 0. The molecule has 6 heteroatoms. The first-order valence-electron chi connectivity index (χ1n) is 6.21. The number of aromatic nitrogens is 4. The molecule has 2 aromatic rings. The van der Waals surface area contributed by atoms with Crippen molar-refractivity contribution in [3.63, 3.8) is 0 Å². The van der Waals surface area contributed by atoms with Crippen LogP contribution in [0.25, 0.3) is 11.2 Å². The lowest BCUT2D eigenvalue weighted by molar-refractivity contribution is 0.173. The van der Waals surface area contributed by atoms with Crippen LogP contribution in [0.15, 0.2) is 18.3 Å². The van der Waals surface area contributed by atoms with Crippen LogP contribution in [0.2, 0.25) is 0 Å². The van der Waals surface area contributed by atoms with Gasteiger partial charge in [0.1, 0.15) is 5.52 Å². The van der Waals surface area contributed by atoms with Crippen LogP contribution >= 0.6 is 0 Å². The van der Waals surface area contributed by atoms with Gasteiger partial charge in [0.05, 0.1) is 0 Å². The highest BCUT2D eigenvalue weighted by Crippen LogP contribution is 2.17. The van der Waals surface area contributed by atoms with E-state index in [1.54, 1.807) is 12.3 Å². The number of fused-ring (bicyclic) bond motifs is 1. The van der Waals surface area contributed by atoms with Gasteiger partial charge in [-0.1, -0.05) is 12.1 Å². The minimum absolute atomic E-state index is 0.0996. The molecule has 0 bridgehead atoms. The van der Waals surface area contributed by atoms with Gasteiger partial charge in [0.2, 0.25) is 5.65 Å². The third-order valence-electron chi connectivity index (χ3n) is 3.46. The SMILES string of the molecule is CC1CCN(C(=O)n2nnc3ncccc32)CC1. The van der Waals surface area contributed by atoms with Crippen molar-refractivity contribution < 1.29 is 4.79 Å². The van der Waals surface area contributed by atoms with Crippen LogP contribution in [0.4, 0.5) is 4.79 Å². The fraction of sp³-hybridized carbons (Fsp3) is 0.500. The van der Waals surface area contributed by atoms with Crippen molar-refractivity contribution in [3.05, 3.63) is 18.3 Å². The monoisotopic (exact) mass is 245 g/mol. The standard InChI is InChI=1S/C12H15N5O/c1-9-4-7-16(8-5-9)12(18)17-10-3-2-6-13-11(10)14-15-17/h2-3,6,9H,4-5,7-8H2,1H3. The van der Waals surface area contributed by atoms with Crippen molar-refractivity contribution in [2.75, 3.05) is 13.1 Å². The molecular weight excluding hydrogens is 230 g/mol. The molecule has 0 aromatic carbocycles. The number of nitrogens with zero attached hydrogens (tertiary/aromatic N) is 5. The van der Waals surface area contributed by atoms with Crippen LogP contribution in [0.5, 0.6) is 0 Å². The Balaban J connectivity index is 1.88. The fourth-order valence-corrected chi connectivity index (χ4v) is 2.24. The van der Waals surface area contributed by atoms with E-state index in [0.29, 0.717) is 17.1 Å².